The van der Waals surface area contributed by atoms with Crippen LogP contribution < -0.4 is 11.1 Å². The van der Waals surface area contributed by atoms with Gasteiger partial charge in [0.25, 0.3) is 0 Å². The normalized spacial score (nSPS) is 11.6. The van der Waals surface area contributed by atoms with Crippen LogP contribution in [-0.2, 0) is 13.1 Å². The number of rotatable bonds is 4. The molecule has 1 aromatic heterocycles. The molecule has 0 radical (unpaired) electrons. The first-order valence-electron chi connectivity index (χ1n) is 6.19. The first-order valence-corrected chi connectivity index (χ1v) is 6.19. The molecule has 0 bridgehead atoms. The minimum absolute atomic E-state index is 0.372. The Morgan fingerprint density at radius 3 is 3.05 bits per heavy atom. The molecule has 3 N–H and O–H groups in total. The molecule has 0 fully saturated rings. The largest absolute Gasteiger partial charge is 0.370 e. The summed E-state index contributed by atoms with van der Waals surface area (Å²) in [4.78, 5) is 4.26. The zero-order valence-corrected chi connectivity index (χ0v) is 11.2. The van der Waals surface area contributed by atoms with Crippen LogP contribution in [0.1, 0.15) is 18.3 Å². The molecule has 100 valence electrons. The predicted molar refractivity (Wildman–Crippen MR) is 75.8 cm³/mol. The maximum atomic E-state index is 5.85. The molecule has 19 heavy (non-hydrogen) atoms. The molecule has 0 atom stereocenters. The fourth-order valence-corrected chi connectivity index (χ4v) is 1.73. The molecule has 0 unspecified atom stereocenters. The highest BCUT2D eigenvalue weighted by atomic mass is 15.3. The van der Waals surface area contributed by atoms with Crippen molar-refractivity contribution in [3.63, 3.8) is 0 Å². The van der Waals surface area contributed by atoms with Crippen molar-refractivity contribution >= 4 is 11.6 Å². The molecule has 0 saturated carbocycles. The standard InChI is InChI=1S/C13H18N6/c1-3-19-9-16-18-12(19)8-15-13(14)17-11-6-4-5-10(2)7-11/h4-7,9H,3,8H2,1-2H3,(H3,14,15,17). The minimum atomic E-state index is 0.372. The van der Waals surface area contributed by atoms with E-state index in [0.29, 0.717) is 12.5 Å². The Labute approximate surface area is 112 Å². The first kappa shape index (κ1) is 13.1. The maximum absolute atomic E-state index is 5.85. The fourth-order valence-electron chi connectivity index (χ4n) is 1.73. The predicted octanol–water partition coefficient (Wildman–Crippen LogP) is 1.53. The van der Waals surface area contributed by atoms with Crippen molar-refractivity contribution in [2.24, 2.45) is 10.7 Å². The lowest BCUT2D eigenvalue weighted by Crippen LogP contribution is -2.22. The molecular weight excluding hydrogens is 240 g/mol. The summed E-state index contributed by atoms with van der Waals surface area (Å²) in [7, 11) is 0. The van der Waals surface area contributed by atoms with Gasteiger partial charge in [-0.2, -0.15) is 0 Å². The van der Waals surface area contributed by atoms with Gasteiger partial charge in [0.1, 0.15) is 12.9 Å². The summed E-state index contributed by atoms with van der Waals surface area (Å²) in [5, 5.41) is 10.9. The van der Waals surface area contributed by atoms with Gasteiger partial charge in [-0.05, 0) is 31.5 Å². The van der Waals surface area contributed by atoms with Crippen LogP contribution in [0, 0.1) is 6.92 Å². The molecule has 0 aliphatic carbocycles. The summed E-state index contributed by atoms with van der Waals surface area (Å²) in [6, 6.07) is 7.96. The second-order valence-corrected chi connectivity index (χ2v) is 4.23. The Balaban J connectivity index is 2.00. The van der Waals surface area contributed by atoms with Crippen molar-refractivity contribution in [1.82, 2.24) is 14.8 Å². The van der Waals surface area contributed by atoms with Crippen molar-refractivity contribution in [3.05, 3.63) is 42.0 Å². The third-order valence-electron chi connectivity index (χ3n) is 2.72. The summed E-state index contributed by atoms with van der Waals surface area (Å²) >= 11 is 0. The lowest BCUT2D eigenvalue weighted by molar-refractivity contribution is 0.699. The molecule has 1 heterocycles. The summed E-state index contributed by atoms with van der Waals surface area (Å²) in [6.07, 6.45) is 1.69. The van der Waals surface area contributed by atoms with Gasteiger partial charge in [0.2, 0.25) is 0 Å². The highest BCUT2D eigenvalue weighted by Gasteiger charge is 2.01. The third kappa shape index (κ3) is 3.54. The second kappa shape index (κ2) is 5.99. The van der Waals surface area contributed by atoms with E-state index in [1.807, 2.05) is 42.7 Å². The van der Waals surface area contributed by atoms with Crippen LogP contribution >= 0.6 is 0 Å². The summed E-state index contributed by atoms with van der Waals surface area (Å²) in [5.74, 6) is 1.17. The Hall–Kier alpha value is -2.37. The van der Waals surface area contributed by atoms with Gasteiger partial charge in [-0.3, -0.25) is 0 Å². The summed E-state index contributed by atoms with van der Waals surface area (Å²) in [5.41, 5.74) is 7.94. The Bertz CT molecular complexity index is 572. The van der Waals surface area contributed by atoms with Crippen LogP contribution in [-0.4, -0.2) is 20.7 Å². The van der Waals surface area contributed by atoms with E-state index in [1.54, 1.807) is 6.33 Å². The van der Waals surface area contributed by atoms with Crippen LogP contribution in [0.2, 0.25) is 0 Å². The number of aliphatic imine (C=N–C) groups is 1. The van der Waals surface area contributed by atoms with Gasteiger partial charge in [-0.25, -0.2) is 4.99 Å². The number of anilines is 1. The number of nitrogens with two attached hydrogens (primary N) is 1. The van der Waals surface area contributed by atoms with Gasteiger partial charge in [0.15, 0.2) is 11.8 Å². The Morgan fingerprint density at radius 1 is 1.47 bits per heavy atom. The number of hydrogen-bond acceptors (Lipinski definition) is 3. The average Bonchev–Trinajstić information content (AvgIpc) is 2.83. The van der Waals surface area contributed by atoms with Crippen molar-refractivity contribution in [3.8, 4) is 0 Å². The third-order valence-corrected chi connectivity index (χ3v) is 2.72. The quantitative estimate of drug-likeness (QED) is 0.643. The van der Waals surface area contributed by atoms with Crippen LogP contribution in [0.25, 0.3) is 0 Å². The molecule has 0 saturated heterocycles. The van der Waals surface area contributed by atoms with Crippen LogP contribution in [0.3, 0.4) is 0 Å². The maximum Gasteiger partial charge on any atom is 0.193 e. The van der Waals surface area contributed by atoms with Gasteiger partial charge in [-0.1, -0.05) is 12.1 Å². The van der Waals surface area contributed by atoms with Crippen molar-refractivity contribution < 1.29 is 0 Å². The molecule has 2 aromatic rings. The number of guanidine groups is 1. The lowest BCUT2D eigenvalue weighted by Gasteiger charge is -2.06. The van der Waals surface area contributed by atoms with Gasteiger partial charge in [0.05, 0.1) is 0 Å². The van der Waals surface area contributed by atoms with Gasteiger partial charge in [-0.15, -0.1) is 10.2 Å². The summed E-state index contributed by atoms with van der Waals surface area (Å²) < 4.78 is 1.93. The smallest absolute Gasteiger partial charge is 0.193 e. The molecule has 1 aromatic carbocycles. The molecule has 0 spiro atoms. The molecule has 0 aliphatic rings. The number of nitrogens with one attached hydrogen (secondary N) is 1. The van der Waals surface area contributed by atoms with Crippen molar-refractivity contribution in [2.75, 3.05) is 5.32 Å². The van der Waals surface area contributed by atoms with E-state index in [4.69, 9.17) is 5.73 Å². The van der Waals surface area contributed by atoms with Crippen molar-refractivity contribution in [1.29, 1.82) is 0 Å². The Kier molecular flexibility index (Phi) is 4.12. The number of benzene rings is 1. The second-order valence-electron chi connectivity index (χ2n) is 4.23. The summed E-state index contributed by atoms with van der Waals surface area (Å²) in [6.45, 7) is 5.30. The topological polar surface area (TPSA) is 81.1 Å². The fraction of sp³-hybridized carbons (Fsp3) is 0.308. The van der Waals surface area contributed by atoms with E-state index in [9.17, 15) is 0 Å². The lowest BCUT2D eigenvalue weighted by atomic mass is 10.2. The van der Waals surface area contributed by atoms with E-state index in [0.717, 1.165) is 18.1 Å². The van der Waals surface area contributed by atoms with Crippen LogP contribution in [0.4, 0.5) is 5.69 Å². The number of hydrogen-bond donors (Lipinski definition) is 2. The molecule has 6 nitrogen and oxygen atoms in total. The van der Waals surface area contributed by atoms with Gasteiger partial charge >= 0.3 is 0 Å². The average molecular weight is 258 g/mol. The SMILES string of the molecule is CCn1cnnc1CN=C(N)Nc1cccc(C)c1. The van der Waals surface area contributed by atoms with Crippen LogP contribution in [0.5, 0.6) is 0 Å². The monoisotopic (exact) mass is 258 g/mol. The first-order chi connectivity index (χ1) is 9.19. The van der Waals surface area contributed by atoms with E-state index in [-0.39, 0.29) is 0 Å². The van der Waals surface area contributed by atoms with Crippen molar-refractivity contribution in [2.45, 2.75) is 26.9 Å². The van der Waals surface area contributed by atoms with E-state index >= 15 is 0 Å². The van der Waals surface area contributed by atoms with E-state index < -0.39 is 0 Å². The molecule has 2 rings (SSSR count). The van der Waals surface area contributed by atoms with Crippen LogP contribution in [0.15, 0.2) is 35.6 Å². The van der Waals surface area contributed by atoms with Gasteiger partial charge in [0, 0.05) is 12.2 Å². The zero-order chi connectivity index (χ0) is 13.7. The van der Waals surface area contributed by atoms with E-state index in [2.05, 4.69) is 20.5 Å². The number of nitrogens with zero attached hydrogens (tertiary/aromatic N) is 4. The molecule has 6 heteroatoms. The minimum Gasteiger partial charge on any atom is -0.370 e. The molecule has 0 aliphatic heterocycles. The molecule has 0 amide bonds. The zero-order valence-electron chi connectivity index (χ0n) is 11.2. The number of aromatic nitrogens is 3. The van der Waals surface area contributed by atoms with E-state index in [1.165, 1.54) is 5.56 Å². The highest BCUT2D eigenvalue weighted by molar-refractivity contribution is 5.92. The Morgan fingerprint density at radius 2 is 2.32 bits per heavy atom. The highest BCUT2D eigenvalue weighted by Crippen LogP contribution is 2.09. The number of aryl methyl sites for hydroxylation is 2. The molecular formula is C13H18N6. The van der Waals surface area contributed by atoms with Gasteiger partial charge < -0.3 is 15.6 Å².